The van der Waals surface area contributed by atoms with Crippen LogP contribution in [0, 0.1) is 0 Å². The first-order valence-corrected chi connectivity index (χ1v) is 4.25. The highest BCUT2D eigenvalue weighted by atomic mass is 35.5. The third-order valence-electron chi connectivity index (χ3n) is 1.69. The van der Waals surface area contributed by atoms with Crippen molar-refractivity contribution in [3.05, 3.63) is 41.1 Å². The van der Waals surface area contributed by atoms with Crippen molar-refractivity contribution in [2.24, 2.45) is 0 Å². The molecule has 74 valence electrons. The quantitative estimate of drug-likeness (QED) is 0.465. The Balaban J connectivity index is 3.03. The van der Waals surface area contributed by atoms with E-state index in [0.29, 0.717) is 10.6 Å². The predicted molar refractivity (Wildman–Crippen MR) is 54.1 cm³/mol. The van der Waals surface area contributed by atoms with Crippen LogP contribution in [-0.2, 0) is 9.53 Å². The minimum atomic E-state index is -0.588. The summed E-state index contributed by atoms with van der Waals surface area (Å²) in [7, 11) is 1.25. The molecular weight excluding hydrogens is 204 g/mol. The van der Waals surface area contributed by atoms with Gasteiger partial charge in [0.15, 0.2) is 0 Å². The van der Waals surface area contributed by atoms with E-state index in [-0.39, 0.29) is 5.57 Å². The summed E-state index contributed by atoms with van der Waals surface area (Å²) in [5.74, 6) is -0.588. The summed E-state index contributed by atoms with van der Waals surface area (Å²) in [6.07, 6.45) is 0.717. The number of aliphatic hydroxyl groups excluding tert-OH is 1. The minimum absolute atomic E-state index is 0.101. The lowest BCUT2D eigenvalue weighted by atomic mass is 10.1. The van der Waals surface area contributed by atoms with Crippen LogP contribution in [0.3, 0.4) is 0 Å². The predicted octanol–water partition coefficient (Wildman–Crippen LogP) is 2.41. The summed E-state index contributed by atoms with van der Waals surface area (Å²) >= 11 is 5.67. The third-order valence-corrected chi connectivity index (χ3v) is 1.94. The van der Waals surface area contributed by atoms with Gasteiger partial charge in [0.25, 0.3) is 0 Å². The van der Waals surface area contributed by atoms with Gasteiger partial charge in [0.1, 0.15) is 5.57 Å². The fraction of sp³-hybridized carbons (Fsp3) is 0.100. The molecule has 0 spiro atoms. The highest BCUT2D eigenvalue weighted by Crippen LogP contribution is 2.18. The zero-order valence-corrected chi connectivity index (χ0v) is 8.28. The number of aliphatic hydroxyl groups is 1. The van der Waals surface area contributed by atoms with E-state index >= 15 is 0 Å². The average molecular weight is 213 g/mol. The largest absolute Gasteiger partial charge is 0.515 e. The monoisotopic (exact) mass is 212 g/mol. The number of ether oxygens (including phenoxy) is 1. The summed E-state index contributed by atoms with van der Waals surface area (Å²) in [4.78, 5) is 11.1. The molecule has 14 heavy (non-hydrogen) atoms. The molecule has 0 aromatic heterocycles. The number of carbonyl (C=O) groups is 1. The van der Waals surface area contributed by atoms with E-state index < -0.39 is 5.97 Å². The van der Waals surface area contributed by atoms with Crippen LogP contribution in [0.15, 0.2) is 30.5 Å². The van der Waals surface area contributed by atoms with Gasteiger partial charge in [-0.3, -0.25) is 0 Å². The molecule has 0 fully saturated rings. The number of halogens is 1. The fourth-order valence-corrected chi connectivity index (χ4v) is 1.11. The molecule has 3 nitrogen and oxygen atoms in total. The Morgan fingerprint density at radius 3 is 2.43 bits per heavy atom. The first kappa shape index (κ1) is 10.6. The van der Waals surface area contributed by atoms with Gasteiger partial charge in [-0.1, -0.05) is 23.7 Å². The lowest BCUT2D eigenvalue weighted by Gasteiger charge is -2.03. The Morgan fingerprint density at radius 1 is 1.43 bits per heavy atom. The topological polar surface area (TPSA) is 46.5 Å². The van der Waals surface area contributed by atoms with E-state index in [2.05, 4.69) is 4.74 Å². The number of hydrogen-bond acceptors (Lipinski definition) is 3. The SMILES string of the molecule is COC(=O)C(=CO)c1ccc(Cl)cc1. The number of hydrogen-bond donors (Lipinski definition) is 1. The van der Waals surface area contributed by atoms with E-state index in [4.69, 9.17) is 16.7 Å². The van der Waals surface area contributed by atoms with Crippen LogP contribution in [0.5, 0.6) is 0 Å². The van der Waals surface area contributed by atoms with Crippen LogP contribution in [0.1, 0.15) is 5.56 Å². The van der Waals surface area contributed by atoms with Gasteiger partial charge in [-0.05, 0) is 17.7 Å². The Kier molecular flexibility index (Phi) is 3.54. The summed E-state index contributed by atoms with van der Waals surface area (Å²) in [6, 6.07) is 6.51. The van der Waals surface area contributed by atoms with Crippen molar-refractivity contribution < 1.29 is 14.6 Å². The van der Waals surface area contributed by atoms with Crippen LogP contribution < -0.4 is 0 Å². The molecule has 1 N–H and O–H groups in total. The molecule has 0 unspecified atom stereocenters. The smallest absolute Gasteiger partial charge is 0.341 e. The Labute approximate surface area is 86.6 Å². The molecule has 1 rings (SSSR count). The van der Waals surface area contributed by atoms with Gasteiger partial charge >= 0.3 is 5.97 Å². The summed E-state index contributed by atoms with van der Waals surface area (Å²) in [5, 5.41) is 9.42. The fourth-order valence-electron chi connectivity index (χ4n) is 0.984. The average Bonchev–Trinajstić information content (AvgIpc) is 2.21. The molecule has 0 aliphatic heterocycles. The second kappa shape index (κ2) is 4.67. The van der Waals surface area contributed by atoms with Gasteiger partial charge < -0.3 is 9.84 Å². The third kappa shape index (κ3) is 2.26. The summed E-state index contributed by atoms with van der Waals surface area (Å²) in [5.41, 5.74) is 0.660. The molecule has 0 aliphatic carbocycles. The van der Waals surface area contributed by atoms with Gasteiger partial charge in [-0.25, -0.2) is 4.79 Å². The van der Waals surface area contributed by atoms with Gasteiger partial charge in [0, 0.05) is 5.02 Å². The summed E-state index contributed by atoms with van der Waals surface area (Å²) < 4.78 is 4.49. The van der Waals surface area contributed by atoms with Crippen LogP contribution in [0.25, 0.3) is 5.57 Å². The van der Waals surface area contributed by atoms with Crippen molar-refractivity contribution in [3.63, 3.8) is 0 Å². The van der Waals surface area contributed by atoms with Crippen LogP contribution in [-0.4, -0.2) is 18.2 Å². The Hall–Kier alpha value is -1.48. The van der Waals surface area contributed by atoms with Crippen molar-refractivity contribution in [2.75, 3.05) is 7.11 Å². The van der Waals surface area contributed by atoms with Crippen molar-refractivity contribution in [2.45, 2.75) is 0 Å². The van der Waals surface area contributed by atoms with Gasteiger partial charge in [0.05, 0.1) is 13.4 Å². The zero-order chi connectivity index (χ0) is 10.6. The highest BCUT2D eigenvalue weighted by molar-refractivity contribution is 6.30. The molecule has 0 atom stereocenters. The molecule has 0 radical (unpaired) electrons. The maximum absolute atomic E-state index is 11.1. The van der Waals surface area contributed by atoms with Gasteiger partial charge in [-0.2, -0.15) is 0 Å². The van der Waals surface area contributed by atoms with E-state index in [9.17, 15) is 4.79 Å². The van der Waals surface area contributed by atoms with E-state index in [0.717, 1.165) is 6.26 Å². The zero-order valence-electron chi connectivity index (χ0n) is 7.53. The van der Waals surface area contributed by atoms with Crippen molar-refractivity contribution >= 4 is 23.1 Å². The van der Waals surface area contributed by atoms with Crippen LogP contribution in [0.2, 0.25) is 5.02 Å². The molecule has 0 saturated carbocycles. The second-order valence-corrected chi connectivity index (χ2v) is 2.98. The molecule has 0 bridgehead atoms. The molecular formula is C10H9ClO3. The first-order valence-electron chi connectivity index (χ1n) is 3.87. The van der Waals surface area contributed by atoms with Crippen molar-refractivity contribution in [1.82, 2.24) is 0 Å². The normalized spacial score (nSPS) is 11.1. The summed E-state index contributed by atoms with van der Waals surface area (Å²) in [6.45, 7) is 0. The molecule has 4 heteroatoms. The standard InChI is InChI=1S/C10H9ClO3/c1-14-10(13)9(6-12)7-2-4-8(11)5-3-7/h2-6,12H,1H3. The molecule has 1 aromatic rings. The number of esters is 1. The number of methoxy groups -OCH3 is 1. The lowest BCUT2D eigenvalue weighted by Crippen LogP contribution is -2.03. The molecule has 0 heterocycles. The van der Waals surface area contributed by atoms with Crippen molar-refractivity contribution in [3.8, 4) is 0 Å². The van der Waals surface area contributed by atoms with Crippen LogP contribution in [0.4, 0.5) is 0 Å². The Bertz CT molecular complexity index is 354. The number of benzene rings is 1. The van der Waals surface area contributed by atoms with Crippen LogP contribution >= 0.6 is 11.6 Å². The second-order valence-electron chi connectivity index (χ2n) is 2.54. The maximum atomic E-state index is 11.1. The lowest BCUT2D eigenvalue weighted by molar-refractivity contribution is -0.133. The first-order chi connectivity index (χ1) is 6.69. The van der Waals surface area contributed by atoms with E-state index in [1.165, 1.54) is 7.11 Å². The minimum Gasteiger partial charge on any atom is -0.515 e. The Morgan fingerprint density at radius 2 is 2.00 bits per heavy atom. The number of rotatable bonds is 2. The van der Waals surface area contributed by atoms with Gasteiger partial charge in [0.2, 0.25) is 0 Å². The molecule has 0 amide bonds. The van der Waals surface area contributed by atoms with E-state index in [1.807, 2.05) is 0 Å². The molecule has 1 aromatic carbocycles. The molecule has 0 saturated heterocycles. The van der Waals surface area contributed by atoms with E-state index in [1.54, 1.807) is 24.3 Å². The van der Waals surface area contributed by atoms with Crippen molar-refractivity contribution in [1.29, 1.82) is 0 Å². The van der Waals surface area contributed by atoms with Gasteiger partial charge in [-0.15, -0.1) is 0 Å². The number of carbonyl (C=O) groups excluding carboxylic acids is 1. The molecule has 0 aliphatic rings. The highest BCUT2D eigenvalue weighted by Gasteiger charge is 2.11. The maximum Gasteiger partial charge on any atom is 0.341 e.